The lowest BCUT2D eigenvalue weighted by molar-refractivity contribution is -0.142. The van der Waals surface area contributed by atoms with Crippen LogP contribution in [0, 0.1) is 19.7 Å². The van der Waals surface area contributed by atoms with E-state index < -0.39 is 11.5 Å². The Labute approximate surface area is 123 Å². The van der Waals surface area contributed by atoms with Crippen LogP contribution in [0.3, 0.4) is 0 Å². The van der Waals surface area contributed by atoms with Crippen LogP contribution in [-0.4, -0.2) is 11.1 Å². The average Bonchev–Trinajstić information content (AvgIpc) is 2.43. The van der Waals surface area contributed by atoms with Crippen LogP contribution in [0.4, 0.5) is 10.1 Å². The summed E-state index contributed by atoms with van der Waals surface area (Å²) in [7, 11) is 0. The fraction of sp³-hybridized carbons (Fsp3) is 0.235. The van der Waals surface area contributed by atoms with Crippen molar-refractivity contribution in [3.05, 3.63) is 65.0 Å². The molecular weight excluding hydrogens is 269 g/mol. The molecule has 2 rings (SSSR count). The highest BCUT2D eigenvalue weighted by atomic mass is 19.1. The number of hydrogen-bond acceptors (Lipinski definition) is 2. The molecule has 0 aliphatic carbocycles. The molecule has 0 amide bonds. The van der Waals surface area contributed by atoms with E-state index in [2.05, 4.69) is 5.32 Å². The zero-order valence-electron chi connectivity index (χ0n) is 12.3. The topological polar surface area (TPSA) is 49.3 Å². The van der Waals surface area contributed by atoms with Gasteiger partial charge in [-0.05, 0) is 56.2 Å². The van der Waals surface area contributed by atoms with Gasteiger partial charge in [0.05, 0.1) is 0 Å². The van der Waals surface area contributed by atoms with E-state index in [1.54, 1.807) is 6.92 Å². The minimum Gasteiger partial charge on any atom is -0.479 e. The van der Waals surface area contributed by atoms with Crippen molar-refractivity contribution in [3.8, 4) is 0 Å². The number of nitrogens with one attached hydrogen (secondary N) is 1. The van der Waals surface area contributed by atoms with Crippen LogP contribution in [0.2, 0.25) is 0 Å². The van der Waals surface area contributed by atoms with Gasteiger partial charge in [0.2, 0.25) is 0 Å². The van der Waals surface area contributed by atoms with E-state index in [-0.39, 0.29) is 5.82 Å². The van der Waals surface area contributed by atoms with Crippen molar-refractivity contribution in [2.75, 3.05) is 5.32 Å². The molecule has 1 atom stereocenters. The molecule has 0 spiro atoms. The summed E-state index contributed by atoms with van der Waals surface area (Å²) >= 11 is 0. The summed E-state index contributed by atoms with van der Waals surface area (Å²) in [6, 6.07) is 11.4. The van der Waals surface area contributed by atoms with E-state index >= 15 is 0 Å². The van der Waals surface area contributed by atoms with Crippen LogP contribution in [0.1, 0.15) is 23.6 Å². The van der Waals surface area contributed by atoms with E-state index in [1.807, 2.05) is 32.0 Å². The molecule has 0 bridgehead atoms. The molecule has 0 heterocycles. The van der Waals surface area contributed by atoms with Gasteiger partial charge in [0.25, 0.3) is 0 Å². The number of benzene rings is 2. The Morgan fingerprint density at radius 2 is 1.76 bits per heavy atom. The van der Waals surface area contributed by atoms with Crippen LogP contribution < -0.4 is 5.32 Å². The Morgan fingerprint density at radius 3 is 2.33 bits per heavy atom. The molecule has 2 aromatic rings. The van der Waals surface area contributed by atoms with Crippen molar-refractivity contribution in [1.29, 1.82) is 0 Å². The summed E-state index contributed by atoms with van der Waals surface area (Å²) in [6.07, 6.45) is 0. The van der Waals surface area contributed by atoms with Gasteiger partial charge in [-0.25, -0.2) is 9.18 Å². The van der Waals surface area contributed by atoms with Crippen molar-refractivity contribution in [2.24, 2.45) is 0 Å². The second-order valence-electron chi connectivity index (χ2n) is 5.38. The second kappa shape index (κ2) is 5.56. The molecule has 0 fully saturated rings. The molecule has 1 unspecified atom stereocenters. The lowest BCUT2D eigenvalue weighted by Gasteiger charge is -2.30. The molecule has 0 saturated carbocycles. The predicted octanol–water partition coefficient (Wildman–Crippen LogP) is 3.85. The molecule has 2 aromatic carbocycles. The maximum Gasteiger partial charge on any atom is 0.333 e. The Balaban J connectivity index is 2.47. The average molecular weight is 287 g/mol. The summed E-state index contributed by atoms with van der Waals surface area (Å²) in [5.74, 6) is -1.34. The molecule has 4 heteroatoms. The summed E-state index contributed by atoms with van der Waals surface area (Å²) in [5.41, 5.74) is 1.85. The fourth-order valence-corrected chi connectivity index (χ4v) is 2.33. The van der Waals surface area contributed by atoms with Crippen LogP contribution in [0.25, 0.3) is 0 Å². The first-order valence-electron chi connectivity index (χ1n) is 6.68. The molecule has 0 radical (unpaired) electrons. The minimum atomic E-state index is -1.28. The highest BCUT2D eigenvalue weighted by Gasteiger charge is 2.36. The highest BCUT2D eigenvalue weighted by molar-refractivity contribution is 5.84. The summed E-state index contributed by atoms with van der Waals surface area (Å²) in [4.78, 5) is 11.8. The highest BCUT2D eigenvalue weighted by Crippen LogP contribution is 2.30. The molecule has 0 aromatic heterocycles. The number of rotatable bonds is 4. The maximum absolute atomic E-state index is 13.0. The van der Waals surface area contributed by atoms with Crippen LogP contribution in [0.15, 0.2) is 42.5 Å². The number of halogens is 1. The fourth-order valence-electron chi connectivity index (χ4n) is 2.33. The van der Waals surface area contributed by atoms with Gasteiger partial charge in [-0.3, -0.25) is 0 Å². The number of anilines is 1. The van der Waals surface area contributed by atoms with Crippen molar-refractivity contribution in [1.82, 2.24) is 0 Å². The van der Waals surface area contributed by atoms with E-state index in [9.17, 15) is 14.3 Å². The normalized spacial score (nSPS) is 13.5. The Hall–Kier alpha value is -2.36. The van der Waals surface area contributed by atoms with Gasteiger partial charge in [-0.15, -0.1) is 0 Å². The predicted molar refractivity (Wildman–Crippen MR) is 80.9 cm³/mol. The van der Waals surface area contributed by atoms with E-state index in [4.69, 9.17) is 0 Å². The monoisotopic (exact) mass is 287 g/mol. The SMILES string of the molecule is Cc1ccc(C)c(C(C)(Nc2ccc(F)cc2)C(=O)O)c1. The molecule has 0 aliphatic rings. The molecule has 3 nitrogen and oxygen atoms in total. The number of carboxylic acid groups (broad SMARTS) is 1. The third-order valence-corrected chi connectivity index (χ3v) is 3.60. The van der Waals surface area contributed by atoms with Crippen LogP contribution in [0.5, 0.6) is 0 Å². The molecule has 0 aliphatic heterocycles. The third kappa shape index (κ3) is 3.05. The van der Waals surface area contributed by atoms with Gasteiger partial charge >= 0.3 is 5.97 Å². The summed E-state index contributed by atoms with van der Waals surface area (Å²) in [6.45, 7) is 5.41. The van der Waals surface area contributed by atoms with Gasteiger partial charge in [0.1, 0.15) is 5.82 Å². The van der Waals surface area contributed by atoms with E-state index in [0.717, 1.165) is 11.1 Å². The minimum absolute atomic E-state index is 0.357. The standard InChI is InChI=1S/C17H18FNO2/c1-11-4-5-12(2)15(10-11)17(3,16(20)21)19-14-8-6-13(18)7-9-14/h4-10,19H,1-3H3,(H,20,21). The van der Waals surface area contributed by atoms with Crippen molar-refractivity contribution in [2.45, 2.75) is 26.3 Å². The first-order valence-corrected chi connectivity index (χ1v) is 6.68. The van der Waals surface area contributed by atoms with Crippen molar-refractivity contribution < 1.29 is 14.3 Å². The number of carboxylic acids is 1. The quantitative estimate of drug-likeness (QED) is 0.898. The van der Waals surface area contributed by atoms with E-state index in [0.29, 0.717) is 11.3 Å². The zero-order valence-corrected chi connectivity index (χ0v) is 12.3. The van der Waals surface area contributed by atoms with Gasteiger partial charge in [-0.1, -0.05) is 23.8 Å². The Bertz CT molecular complexity index is 667. The molecule has 0 saturated heterocycles. The Kier molecular flexibility index (Phi) is 3.98. The zero-order chi connectivity index (χ0) is 15.6. The second-order valence-corrected chi connectivity index (χ2v) is 5.38. The van der Waals surface area contributed by atoms with Gasteiger partial charge in [0.15, 0.2) is 5.54 Å². The lowest BCUT2D eigenvalue weighted by Crippen LogP contribution is -2.41. The largest absolute Gasteiger partial charge is 0.479 e. The first-order chi connectivity index (χ1) is 9.83. The van der Waals surface area contributed by atoms with Crippen molar-refractivity contribution >= 4 is 11.7 Å². The smallest absolute Gasteiger partial charge is 0.333 e. The number of carbonyl (C=O) groups is 1. The molecule has 2 N–H and O–H groups in total. The first kappa shape index (κ1) is 15.0. The number of aliphatic carboxylic acids is 1. The van der Waals surface area contributed by atoms with Gasteiger partial charge < -0.3 is 10.4 Å². The maximum atomic E-state index is 13.0. The molecule has 21 heavy (non-hydrogen) atoms. The molecule has 110 valence electrons. The number of aryl methyl sites for hydroxylation is 2. The van der Waals surface area contributed by atoms with Crippen LogP contribution in [-0.2, 0) is 10.3 Å². The van der Waals surface area contributed by atoms with Crippen LogP contribution >= 0.6 is 0 Å². The van der Waals surface area contributed by atoms with Gasteiger partial charge in [-0.2, -0.15) is 0 Å². The van der Waals surface area contributed by atoms with Crippen molar-refractivity contribution in [3.63, 3.8) is 0 Å². The lowest BCUT2D eigenvalue weighted by atomic mass is 9.87. The summed E-state index contributed by atoms with van der Waals surface area (Å²) in [5, 5.41) is 12.7. The molecular formula is C17H18FNO2. The Morgan fingerprint density at radius 1 is 1.14 bits per heavy atom. The van der Waals surface area contributed by atoms with Gasteiger partial charge in [0, 0.05) is 5.69 Å². The number of hydrogen-bond donors (Lipinski definition) is 2. The third-order valence-electron chi connectivity index (χ3n) is 3.60. The summed E-state index contributed by atoms with van der Waals surface area (Å²) < 4.78 is 13.0. The van der Waals surface area contributed by atoms with E-state index in [1.165, 1.54) is 24.3 Å².